The van der Waals surface area contributed by atoms with Gasteiger partial charge in [-0.05, 0) is 29.8 Å². The summed E-state index contributed by atoms with van der Waals surface area (Å²) >= 11 is 1.34. The van der Waals surface area contributed by atoms with Crippen molar-refractivity contribution >= 4 is 35.2 Å². The Labute approximate surface area is 184 Å². The number of rotatable bonds is 8. The van der Waals surface area contributed by atoms with E-state index in [1.165, 1.54) is 38.0 Å². The smallest absolute Gasteiger partial charge is 0.325 e. The van der Waals surface area contributed by atoms with Crippen molar-refractivity contribution in [2.75, 3.05) is 33.2 Å². The zero-order chi connectivity index (χ0) is 22.4. The van der Waals surface area contributed by atoms with E-state index in [0.29, 0.717) is 11.5 Å². The first kappa shape index (κ1) is 22.5. The molecule has 164 valence electrons. The van der Waals surface area contributed by atoms with E-state index in [1.54, 1.807) is 18.2 Å². The Morgan fingerprint density at radius 2 is 1.74 bits per heavy atom. The molecule has 1 atom stereocenters. The number of carbonyl (C=O) groups is 3. The number of nitrogens with one attached hydrogen (secondary N) is 1. The first-order valence-corrected chi connectivity index (χ1v) is 10.4. The van der Waals surface area contributed by atoms with Crippen molar-refractivity contribution in [1.29, 1.82) is 0 Å². The molecule has 0 spiro atoms. The average molecular weight is 445 g/mol. The summed E-state index contributed by atoms with van der Waals surface area (Å²) in [6.07, 6.45) is -0.0526. The van der Waals surface area contributed by atoms with E-state index in [9.17, 15) is 14.4 Å². The van der Waals surface area contributed by atoms with Crippen LogP contribution in [0.5, 0.6) is 11.5 Å². The summed E-state index contributed by atoms with van der Waals surface area (Å²) in [5.74, 6) is 0.0175. The lowest BCUT2D eigenvalue weighted by Crippen LogP contribution is -2.40. The first-order valence-electron chi connectivity index (χ1n) is 9.56. The molecular formula is C22H24N2O6S. The van der Waals surface area contributed by atoms with Crippen molar-refractivity contribution in [1.82, 2.24) is 4.90 Å². The maximum atomic E-state index is 13.1. The Hall–Kier alpha value is -3.20. The SMILES string of the molecule is COC(=O)CN(Cc1cc(OC)cc(OC)c1)C(=O)CC1Sc2ccccc2NC1=O. The van der Waals surface area contributed by atoms with Gasteiger partial charge in [0.1, 0.15) is 18.0 Å². The molecule has 8 nitrogen and oxygen atoms in total. The van der Waals surface area contributed by atoms with Crippen molar-refractivity contribution in [2.45, 2.75) is 23.1 Å². The van der Waals surface area contributed by atoms with Crippen LogP contribution in [0.15, 0.2) is 47.4 Å². The van der Waals surface area contributed by atoms with Crippen LogP contribution in [-0.2, 0) is 25.7 Å². The largest absolute Gasteiger partial charge is 0.497 e. The van der Waals surface area contributed by atoms with E-state index >= 15 is 0 Å². The summed E-state index contributed by atoms with van der Waals surface area (Å²) in [5.41, 5.74) is 1.45. The minimum atomic E-state index is -0.595. The van der Waals surface area contributed by atoms with Crippen LogP contribution >= 0.6 is 11.8 Å². The number of anilines is 1. The molecule has 0 aliphatic carbocycles. The number of hydrogen-bond acceptors (Lipinski definition) is 7. The van der Waals surface area contributed by atoms with Gasteiger partial charge >= 0.3 is 5.97 Å². The number of ether oxygens (including phenoxy) is 3. The quantitative estimate of drug-likeness (QED) is 0.626. The fraction of sp³-hybridized carbons (Fsp3) is 0.318. The van der Waals surface area contributed by atoms with E-state index in [-0.39, 0.29) is 31.3 Å². The van der Waals surface area contributed by atoms with Crippen LogP contribution in [0, 0.1) is 0 Å². The molecule has 31 heavy (non-hydrogen) atoms. The molecule has 1 heterocycles. The number of esters is 1. The van der Waals surface area contributed by atoms with Crippen LogP contribution in [0.1, 0.15) is 12.0 Å². The molecule has 2 amide bonds. The number of methoxy groups -OCH3 is 3. The molecule has 1 unspecified atom stereocenters. The van der Waals surface area contributed by atoms with Gasteiger partial charge in [-0.2, -0.15) is 0 Å². The number of thioether (sulfide) groups is 1. The topological polar surface area (TPSA) is 94.2 Å². The molecule has 1 aliphatic rings. The third kappa shape index (κ3) is 5.69. The van der Waals surface area contributed by atoms with Gasteiger partial charge in [-0.1, -0.05) is 12.1 Å². The number of para-hydroxylation sites is 1. The van der Waals surface area contributed by atoms with Gasteiger partial charge in [-0.15, -0.1) is 11.8 Å². The highest BCUT2D eigenvalue weighted by molar-refractivity contribution is 8.01. The minimum absolute atomic E-state index is 0.0526. The molecule has 3 rings (SSSR count). The molecule has 1 aliphatic heterocycles. The van der Waals surface area contributed by atoms with E-state index in [0.717, 1.165) is 16.1 Å². The molecule has 9 heteroatoms. The van der Waals surface area contributed by atoms with Gasteiger partial charge in [0.15, 0.2) is 0 Å². The molecule has 2 aromatic rings. The maximum Gasteiger partial charge on any atom is 0.325 e. The maximum absolute atomic E-state index is 13.1. The summed E-state index contributed by atoms with van der Waals surface area (Å²) < 4.78 is 15.3. The summed E-state index contributed by atoms with van der Waals surface area (Å²) in [7, 11) is 4.33. The second-order valence-corrected chi connectivity index (χ2v) is 8.09. The van der Waals surface area contributed by atoms with Gasteiger partial charge in [0.25, 0.3) is 0 Å². The Balaban J connectivity index is 1.78. The molecular weight excluding hydrogens is 420 g/mol. The predicted molar refractivity (Wildman–Crippen MR) is 116 cm³/mol. The van der Waals surface area contributed by atoms with Gasteiger partial charge < -0.3 is 24.4 Å². The van der Waals surface area contributed by atoms with E-state index in [2.05, 4.69) is 5.32 Å². The molecule has 0 radical (unpaired) electrons. The monoisotopic (exact) mass is 444 g/mol. The third-order valence-corrected chi connectivity index (χ3v) is 6.03. The summed E-state index contributed by atoms with van der Waals surface area (Å²) in [6.45, 7) is -0.0957. The first-order chi connectivity index (χ1) is 14.9. The fourth-order valence-corrected chi connectivity index (χ4v) is 4.25. The van der Waals surface area contributed by atoms with Crippen molar-refractivity contribution < 1.29 is 28.6 Å². The van der Waals surface area contributed by atoms with Gasteiger partial charge in [0.05, 0.1) is 32.3 Å². The van der Waals surface area contributed by atoms with Gasteiger partial charge in [0, 0.05) is 23.9 Å². The fourth-order valence-electron chi connectivity index (χ4n) is 3.15. The third-order valence-electron chi connectivity index (χ3n) is 4.75. The van der Waals surface area contributed by atoms with E-state index in [4.69, 9.17) is 14.2 Å². The molecule has 0 saturated heterocycles. The number of nitrogens with zero attached hydrogens (tertiary/aromatic N) is 1. The van der Waals surface area contributed by atoms with Crippen molar-refractivity contribution in [2.24, 2.45) is 0 Å². The van der Waals surface area contributed by atoms with Gasteiger partial charge in [0.2, 0.25) is 11.8 Å². The molecule has 0 aromatic heterocycles. The van der Waals surface area contributed by atoms with Crippen molar-refractivity contribution in [3.63, 3.8) is 0 Å². The number of hydrogen-bond donors (Lipinski definition) is 1. The Morgan fingerprint density at radius 1 is 1.06 bits per heavy atom. The molecule has 0 bridgehead atoms. The van der Waals surface area contributed by atoms with Crippen LogP contribution in [0.4, 0.5) is 5.69 Å². The standard InChI is InChI=1S/C22H24N2O6S/c1-28-15-8-14(9-16(10-15)29-2)12-24(13-21(26)30-3)20(25)11-19-22(27)23-17-6-4-5-7-18(17)31-19/h4-10,19H,11-13H2,1-3H3,(H,23,27). The average Bonchev–Trinajstić information content (AvgIpc) is 2.78. The van der Waals surface area contributed by atoms with E-state index < -0.39 is 11.2 Å². The predicted octanol–water partition coefficient (Wildman–Crippen LogP) is 2.71. The highest BCUT2D eigenvalue weighted by atomic mass is 32.2. The number of carbonyl (C=O) groups excluding carboxylic acids is 3. The zero-order valence-electron chi connectivity index (χ0n) is 17.5. The molecule has 1 N–H and O–H groups in total. The zero-order valence-corrected chi connectivity index (χ0v) is 18.4. The number of fused-ring (bicyclic) bond motifs is 1. The van der Waals surface area contributed by atoms with E-state index in [1.807, 2.05) is 24.3 Å². The van der Waals surface area contributed by atoms with Crippen molar-refractivity contribution in [3.05, 3.63) is 48.0 Å². The Kier molecular flexibility index (Phi) is 7.41. The second kappa shape index (κ2) is 10.2. The normalized spacial score (nSPS) is 14.8. The molecule has 0 fully saturated rings. The second-order valence-electron chi connectivity index (χ2n) is 6.84. The lowest BCUT2D eigenvalue weighted by molar-refractivity contribution is -0.147. The number of benzene rings is 2. The van der Waals surface area contributed by atoms with Crippen LogP contribution in [0.2, 0.25) is 0 Å². The minimum Gasteiger partial charge on any atom is -0.497 e. The van der Waals surface area contributed by atoms with Crippen LogP contribution in [0.3, 0.4) is 0 Å². The van der Waals surface area contributed by atoms with Crippen LogP contribution in [-0.4, -0.2) is 55.8 Å². The molecule has 2 aromatic carbocycles. The summed E-state index contributed by atoms with van der Waals surface area (Å²) in [6, 6.07) is 12.7. The van der Waals surface area contributed by atoms with Crippen LogP contribution in [0.25, 0.3) is 0 Å². The highest BCUT2D eigenvalue weighted by Crippen LogP contribution is 2.37. The lowest BCUT2D eigenvalue weighted by Gasteiger charge is -2.27. The summed E-state index contributed by atoms with van der Waals surface area (Å²) in [5, 5.41) is 2.24. The van der Waals surface area contributed by atoms with Crippen molar-refractivity contribution in [3.8, 4) is 11.5 Å². The lowest BCUT2D eigenvalue weighted by atomic mass is 10.1. The number of amides is 2. The highest BCUT2D eigenvalue weighted by Gasteiger charge is 2.31. The molecule has 0 saturated carbocycles. The summed E-state index contributed by atoms with van der Waals surface area (Å²) in [4.78, 5) is 39.8. The Morgan fingerprint density at radius 3 is 2.39 bits per heavy atom. The van der Waals surface area contributed by atoms with Gasteiger partial charge in [-0.25, -0.2) is 0 Å². The van der Waals surface area contributed by atoms with Gasteiger partial charge in [-0.3, -0.25) is 14.4 Å². The van der Waals surface area contributed by atoms with Crippen LogP contribution < -0.4 is 14.8 Å². The Bertz CT molecular complexity index is 958.